The molecule has 0 atom stereocenters. The second-order valence-electron chi connectivity index (χ2n) is 6.55. The Hall–Kier alpha value is -3.02. The van der Waals surface area contributed by atoms with Crippen molar-refractivity contribution in [1.29, 1.82) is 0 Å². The molecule has 0 spiro atoms. The largest absolute Gasteiger partial charge is 0.508 e. The van der Waals surface area contributed by atoms with Gasteiger partial charge in [-0.15, -0.1) is 0 Å². The highest BCUT2D eigenvalue weighted by atomic mass is 16.3. The molecular weight excluding hydrogens is 332 g/mol. The lowest BCUT2D eigenvalue weighted by molar-refractivity contribution is 0.0718. The summed E-state index contributed by atoms with van der Waals surface area (Å²) in [5.41, 5.74) is 1.93. The van der Waals surface area contributed by atoms with Crippen molar-refractivity contribution < 1.29 is 19.8 Å². The molecule has 0 bridgehead atoms. The summed E-state index contributed by atoms with van der Waals surface area (Å²) in [6.45, 7) is 3.91. The minimum absolute atomic E-state index is 0.0296. The summed E-state index contributed by atoms with van der Waals surface area (Å²) in [7, 11) is 0. The Morgan fingerprint density at radius 3 is 1.96 bits per heavy atom. The second kappa shape index (κ2) is 7.47. The lowest BCUT2D eigenvalue weighted by atomic mass is 10.1. The number of amides is 2. The van der Waals surface area contributed by atoms with Crippen molar-refractivity contribution in [1.82, 2.24) is 9.80 Å². The van der Waals surface area contributed by atoms with Gasteiger partial charge >= 0.3 is 0 Å². The average molecular weight is 354 g/mol. The molecule has 2 aromatic rings. The molecule has 136 valence electrons. The number of phenolic OH excluding ortho intramolecular Hbond substituents is 2. The lowest BCUT2D eigenvalue weighted by Gasteiger charge is -2.22. The van der Waals surface area contributed by atoms with Gasteiger partial charge in [0.15, 0.2) is 0 Å². The highest BCUT2D eigenvalue weighted by molar-refractivity contribution is 5.96. The van der Waals surface area contributed by atoms with Gasteiger partial charge in [0.2, 0.25) is 0 Å². The van der Waals surface area contributed by atoms with Crippen LogP contribution in [-0.4, -0.2) is 58.0 Å². The molecule has 6 heteroatoms. The van der Waals surface area contributed by atoms with Crippen LogP contribution in [0, 0.1) is 6.92 Å². The van der Waals surface area contributed by atoms with Crippen molar-refractivity contribution in [2.75, 3.05) is 26.2 Å². The highest BCUT2D eigenvalue weighted by Crippen LogP contribution is 2.22. The molecule has 2 aromatic carbocycles. The molecule has 0 unspecified atom stereocenters. The molecule has 0 aliphatic carbocycles. The van der Waals surface area contributed by atoms with E-state index in [4.69, 9.17) is 0 Å². The minimum Gasteiger partial charge on any atom is -0.508 e. The van der Waals surface area contributed by atoms with E-state index in [1.807, 2.05) is 25.1 Å². The van der Waals surface area contributed by atoms with Crippen LogP contribution >= 0.6 is 0 Å². The predicted molar refractivity (Wildman–Crippen MR) is 97.4 cm³/mol. The summed E-state index contributed by atoms with van der Waals surface area (Å²) in [5.74, 6) is -0.599. The zero-order chi connectivity index (χ0) is 18.7. The van der Waals surface area contributed by atoms with Crippen molar-refractivity contribution in [2.45, 2.75) is 13.3 Å². The first-order valence-corrected chi connectivity index (χ1v) is 8.62. The third-order valence-corrected chi connectivity index (χ3v) is 4.48. The number of nitrogens with zero attached hydrogens (tertiary/aromatic N) is 2. The van der Waals surface area contributed by atoms with Gasteiger partial charge < -0.3 is 20.0 Å². The first-order valence-electron chi connectivity index (χ1n) is 8.62. The summed E-state index contributed by atoms with van der Waals surface area (Å²) in [6, 6.07) is 11.3. The molecule has 6 nitrogen and oxygen atoms in total. The topological polar surface area (TPSA) is 81.1 Å². The standard InChI is InChI=1S/C20H22N2O4/c1-14-4-2-5-15(10-14)19(25)21-6-3-7-22(9-8-21)20(26)16-11-17(23)13-18(24)12-16/h2,4-5,10-13,23-24H,3,6-9H2,1H3. The van der Waals surface area contributed by atoms with Gasteiger partial charge in [0.1, 0.15) is 11.5 Å². The maximum atomic E-state index is 12.7. The predicted octanol–water partition coefficient (Wildman–Crippen LogP) is 2.39. The molecule has 2 N–H and O–H groups in total. The molecule has 0 saturated carbocycles. The molecule has 1 saturated heterocycles. The van der Waals surface area contributed by atoms with Crippen molar-refractivity contribution in [3.63, 3.8) is 0 Å². The minimum atomic E-state index is -0.263. The molecule has 26 heavy (non-hydrogen) atoms. The van der Waals surface area contributed by atoms with Gasteiger partial charge in [-0.2, -0.15) is 0 Å². The van der Waals surface area contributed by atoms with Crippen LogP contribution in [0.5, 0.6) is 11.5 Å². The number of phenols is 2. The van der Waals surface area contributed by atoms with Gasteiger partial charge in [0.05, 0.1) is 0 Å². The zero-order valence-corrected chi connectivity index (χ0v) is 14.7. The number of hydrogen-bond acceptors (Lipinski definition) is 4. The fraction of sp³-hybridized carbons (Fsp3) is 0.300. The number of rotatable bonds is 2. The van der Waals surface area contributed by atoms with Gasteiger partial charge in [-0.25, -0.2) is 0 Å². The van der Waals surface area contributed by atoms with Crippen molar-refractivity contribution in [2.24, 2.45) is 0 Å². The van der Waals surface area contributed by atoms with Crippen LogP contribution in [-0.2, 0) is 0 Å². The first kappa shape index (κ1) is 17.8. The van der Waals surface area contributed by atoms with E-state index < -0.39 is 0 Å². The average Bonchev–Trinajstić information content (AvgIpc) is 2.85. The van der Waals surface area contributed by atoms with Crippen LogP contribution in [0.3, 0.4) is 0 Å². The number of carbonyl (C=O) groups excluding carboxylic acids is 2. The Bertz CT molecular complexity index is 814. The van der Waals surface area contributed by atoms with Crippen LogP contribution in [0.25, 0.3) is 0 Å². The quantitative estimate of drug-likeness (QED) is 0.868. The second-order valence-corrected chi connectivity index (χ2v) is 6.55. The van der Waals surface area contributed by atoms with Gasteiger partial charge in [-0.05, 0) is 37.6 Å². The number of hydrogen-bond donors (Lipinski definition) is 2. The molecule has 0 radical (unpaired) electrons. The summed E-state index contributed by atoms with van der Waals surface area (Å²) >= 11 is 0. The van der Waals surface area contributed by atoms with Crippen molar-refractivity contribution in [3.8, 4) is 11.5 Å². The van der Waals surface area contributed by atoms with E-state index >= 15 is 0 Å². The monoisotopic (exact) mass is 354 g/mol. The third-order valence-electron chi connectivity index (χ3n) is 4.48. The van der Waals surface area contributed by atoms with E-state index in [9.17, 15) is 19.8 Å². The molecule has 1 fully saturated rings. The molecule has 1 aliphatic rings. The van der Waals surface area contributed by atoms with Gasteiger partial charge in [0, 0.05) is 43.4 Å². The van der Waals surface area contributed by atoms with E-state index in [2.05, 4.69) is 0 Å². The fourth-order valence-electron chi connectivity index (χ4n) is 3.19. The number of aromatic hydroxyl groups is 2. The first-order chi connectivity index (χ1) is 12.4. The summed E-state index contributed by atoms with van der Waals surface area (Å²) < 4.78 is 0. The normalized spacial score (nSPS) is 14.8. The Kier molecular flexibility index (Phi) is 5.11. The fourth-order valence-corrected chi connectivity index (χ4v) is 3.19. The smallest absolute Gasteiger partial charge is 0.254 e. The van der Waals surface area contributed by atoms with Gasteiger partial charge in [0.25, 0.3) is 11.8 Å². The Morgan fingerprint density at radius 2 is 1.38 bits per heavy atom. The SMILES string of the molecule is Cc1cccc(C(=O)N2CCCN(C(=O)c3cc(O)cc(O)c3)CC2)c1. The summed E-state index contributed by atoms with van der Waals surface area (Å²) in [5, 5.41) is 19.2. The van der Waals surface area contributed by atoms with E-state index in [1.165, 1.54) is 18.2 Å². The Labute approximate surface area is 152 Å². The molecular formula is C20H22N2O4. The van der Waals surface area contributed by atoms with E-state index in [1.54, 1.807) is 15.9 Å². The van der Waals surface area contributed by atoms with Crippen LogP contribution in [0.4, 0.5) is 0 Å². The third kappa shape index (κ3) is 3.96. The number of benzene rings is 2. The Balaban J connectivity index is 1.70. The maximum absolute atomic E-state index is 12.7. The molecule has 2 amide bonds. The van der Waals surface area contributed by atoms with Gasteiger partial charge in [-0.1, -0.05) is 17.7 Å². The van der Waals surface area contributed by atoms with E-state index in [0.29, 0.717) is 38.2 Å². The lowest BCUT2D eigenvalue weighted by Crippen LogP contribution is -2.37. The van der Waals surface area contributed by atoms with Crippen molar-refractivity contribution >= 4 is 11.8 Å². The van der Waals surface area contributed by atoms with Gasteiger partial charge in [-0.3, -0.25) is 9.59 Å². The molecule has 0 aromatic heterocycles. The molecule has 1 heterocycles. The Morgan fingerprint density at radius 1 is 0.808 bits per heavy atom. The zero-order valence-electron chi connectivity index (χ0n) is 14.7. The molecule has 3 rings (SSSR count). The summed E-state index contributed by atoms with van der Waals surface area (Å²) in [4.78, 5) is 28.8. The maximum Gasteiger partial charge on any atom is 0.254 e. The van der Waals surface area contributed by atoms with Crippen LogP contribution < -0.4 is 0 Å². The van der Waals surface area contributed by atoms with Crippen molar-refractivity contribution in [3.05, 3.63) is 59.2 Å². The molecule has 1 aliphatic heterocycles. The van der Waals surface area contributed by atoms with E-state index in [0.717, 1.165) is 5.56 Å². The number of carbonyl (C=O) groups is 2. The van der Waals surface area contributed by atoms with E-state index in [-0.39, 0.29) is 28.9 Å². The summed E-state index contributed by atoms with van der Waals surface area (Å²) in [6.07, 6.45) is 0.675. The van der Waals surface area contributed by atoms with Crippen LogP contribution in [0.2, 0.25) is 0 Å². The van der Waals surface area contributed by atoms with Crippen LogP contribution in [0.1, 0.15) is 32.7 Å². The number of aryl methyl sites for hydroxylation is 1. The van der Waals surface area contributed by atoms with Crippen LogP contribution in [0.15, 0.2) is 42.5 Å². The highest BCUT2D eigenvalue weighted by Gasteiger charge is 2.24.